The summed E-state index contributed by atoms with van der Waals surface area (Å²) in [4.78, 5) is 119. The molecule has 0 aliphatic carbocycles. The van der Waals surface area contributed by atoms with E-state index in [9.17, 15) is 66.4 Å². The summed E-state index contributed by atoms with van der Waals surface area (Å²) in [6.45, 7) is 21.6. The molecule has 11 heterocycles. The lowest BCUT2D eigenvalue weighted by molar-refractivity contribution is -0.150. The second kappa shape index (κ2) is 49.2. The Hall–Kier alpha value is -11.5. The standard InChI is InChI=1S/C19H19ClFN5O3.C14H16BrFO3.C14H17FO4.C14H15FO4.C12H16FN5O4.C6H13NO2.C5H4ClN5.C5H9ClO3/c1-3-11-13(29-16(27)10-7-5-4-6-8-10)19(2,21)17(28-11)26-9-23-12-14(20)24-18(22)25-15(12)26;1-3-10-11(14(2,16)13(15)18-10)19-12(17)9-7-5-4-6-8-9;2*1-3-10-11(14(2,15)13(17)18-10)19-12(16)9-7-5-4-6-8-9;1-12(13)7(20)5(3-19)22-10(12)18-4-15-6-8(18)16-11(14)17-9(6)21-2;1-4(2)9-6(8)5(3)7;6-3-2-4(9-1-8-2)11-5(7)10-3;1-3-8-5(7)9-4(2)6/h4-9,11,13,17H,3H2,1-2H3,(H2,22,24,25);4-8,10-11,13H,3H2,1-2H3;4-8,10-11,13,17H,3H2,1-2H3;4-8,10-11H,3H2,1-2H3;4-5,7,10,19-20H,3H2,1-2H3,(H2,14,16,17);4-5H,7H2,1-3H3;1H,(H3,7,8,9,10,11);4H,3H2,1-2H3/t11-,13-,17-,19-;10-,11-,13+,14-;10-,11-,13-,14-;10-,11-,14-;5-,7-,10-,12-;5-;;/m111110../s1. The summed E-state index contributed by atoms with van der Waals surface area (Å²) in [7, 11) is 1.40. The minimum Gasteiger partial charge on any atom is -0.479 e. The van der Waals surface area contributed by atoms with Gasteiger partial charge in [0.2, 0.25) is 29.4 Å². The molecule has 746 valence electrons. The van der Waals surface area contributed by atoms with Gasteiger partial charge in [-0.15, -0.1) is 0 Å². The first kappa shape index (κ1) is 111. The van der Waals surface area contributed by atoms with E-state index >= 15 is 4.39 Å². The third kappa shape index (κ3) is 27.7. The van der Waals surface area contributed by atoms with Crippen LogP contribution >= 0.6 is 50.7 Å². The zero-order chi connectivity index (χ0) is 102. The highest BCUT2D eigenvalue weighted by molar-refractivity contribution is 9.09. The van der Waals surface area contributed by atoms with Gasteiger partial charge >= 0.3 is 42.0 Å². The molecule has 0 radical (unpaired) electrons. The molecular formula is C89H109BrCl3F5N16O23. The lowest BCUT2D eigenvalue weighted by Gasteiger charge is -2.27. The minimum absolute atomic E-state index is 0.0592. The molecule has 0 amide bonds. The average Bonchev–Trinajstić information content (AvgIpc) is 1.60. The molecule has 137 heavy (non-hydrogen) atoms. The van der Waals surface area contributed by atoms with Crippen LogP contribution in [0.4, 0.5) is 44.6 Å². The Balaban J connectivity index is 0.000000197. The minimum atomic E-state index is -2.30. The Morgan fingerprint density at radius 3 is 1.37 bits per heavy atom. The number of aromatic nitrogens is 12. The number of nitrogens with one attached hydrogen (secondary N) is 1. The second-order valence-corrected chi connectivity index (χ2v) is 34.1. The van der Waals surface area contributed by atoms with Crippen molar-refractivity contribution in [2.75, 3.05) is 37.5 Å². The van der Waals surface area contributed by atoms with Crippen LogP contribution in [0.15, 0.2) is 140 Å². The summed E-state index contributed by atoms with van der Waals surface area (Å²) < 4.78 is 143. The van der Waals surface area contributed by atoms with Crippen molar-refractivity contribution in [3.8, 4) is 5.88 Å². The van der Waals surface area contributed by atoms with Crippen LogP contribution in [0.5, 0.6) is 5.88 Å². The van der Waals surface area contributed by atoms with E-state index < -0.39 is 167 Å². The van der Waals surface area contributed by atoms with Gasteiger partial charge in [0.1, 0.15) is 52.6 Å². The van der Waals surface area contributed by atoms with Crippen molar-refractivity contribution < 1.29 is 132 Å². The predicted octanol–water partition coefficient (Wildman–Crippen LogP) is 13.1. The van der Waals surface area contributed by atoms with Gasteiger partial charge in [0.15, 0.2) is 104 Å². The number of esters is 6. The zero-order valence-electron chi connectivity index (χ0n) is 77.0. The van der Waals surface area contributed by atoms with E-state index in [0.717, 1.165) is 6.92 Å². The van der Waals surface area contributed by atoms with E-state index in [4.69, 9.17) is 110 Å². The maximum Gasteiger partial charge on any atom is 0.509 e. The molecule has 21 atom stereocenters. The van der Waals surface area contributed by atoms with Gasteiger partial charge in [-0.3, -0.25) is 13.9 Å². The number of ether oxygens (including phenoxy) is 13. The molecule has 5 aliphatic heterocycles. The number of fused-ring (bicyclic) bond motifs is 3. The van der Waals surface area contributed by atoms with Crippen LogP contribution in [0, 0.1) is 0 Å². The Labute approximate surface area is 806 Å². The lowest BCUT2D eigenvalue weighted by atomic mass is 9.96. The Morgan fingerprint density at radius 1 is 0.533 bits per heavy atom. The largest absolute Gasteiger partial charge is 0.509 e. The third-order valence-corrected chi connectivity index (χ3v) is 22.7. The van der Waals surface area contributed by atoms with Crippen LogP contribution in [-0.4, -0.2) is 255 Å². The molecule has 5 saturated heterocycles. The van der Waals surface area contributed by atoms with E-state index in [0.29, 0.717) is 70.9 Å². The number of rotatable bonds is 20. The zero-order valence-corrected chi connectivity index (χ0v) is 80.8. The highest BCUT2D eigenvalue weighted by Crippen LogP contribution is 2.48. The molecule has 10 aromatic rings. The summed E-state index contributed by atoms with van der Waals surface area (Å²) >= 11 is 20.2. The van der Waals surface area contributed by atoms with E-state index in [1.54, 1.807) is 170 Å². The van der Waals surface area contributed by atoms with E-state index in [-0.39, 0.29) is 63.3 Å². The van der Waals surface area contributed by atoms with Gasteiger partial charge in [0.05, 0.1) is 73.8 Å². The molecule has 15 rings (SSSR count). The number of halogens is 9. The monoisotopic (exact) mass is 2050 g/mol. The van der Waals surface area contributed by atoms with Crippen LogP contribution < -0.4 is 27.7 Å². The predicted molar refractivity (Wildman–Crippen MR) is 491 cm³/mol. The fourth-order valence-electron chi connectivity index (χ4n) is 13.8. The molecule has 1 unspecified atom stereocenters. The number of anilines is 3. The van der Waals surface area contributed by atoms with Crippen LogP contribution in [-0.2, 0) is 66.4 Å². The maximum atomic E-state index is 16.0. The number of methoxy groups -OCH3 is 1. The molecule has 0 spiro atoms. The molecule has 5 fully saturated rings. The molecular weight excluding hydrogens is 1940 g/mol. The number of alkyl halides is 7. The highest BCUT2D eigenvalue weighted by Gasteiger charge is 2.61. The van der Waals surface area contributed by atoms with Crippen LogP contribution in [0.1, 0.15) is 177 Å². The van der Waals surface area contributed by atoms with Crippen molar-refractivity contribution in [3.05, 3.63) is 173 Å². The van der Waals surface area contributed by atoms with Crippen LogP contribution in [0.2, 0.25) is 10.3 Å². The first-order chi connectivity index (χ1) is 64.6. The molecule has 6 aromatic heterocycles. The van der Waals surface area contributed by atoms with Gasteiger partial charge < -0.3 is 105 Å². The van der Waals surface area contributed by atoms with Crippen molar-refractivity contribution in [2.24, 2.45) is 5.73 Å². The molecule has 0 saturated carbocycles. The number of aromatic amines is 1. The van der Waals surface area contributed by atoms with Gasteiger partial charge in [0.25, 0.3) is 0 Å². The summed E-state index contributed by atoms with van der Waals surface area (Å²) in [5, 5.41) is 28.2. The van der Waals surface area contributed by atoms with Crippen molar-refractivity contribution in [3.63, 3.8) is 0 Å². The number of carbonyl (C=O) groups excluding carboxylic acids is 7. The summed E-state index contributed by atoms with van der Waals surface area (Å²) in [5.74, 6) is -3.60. The summed E-state index contributed by atoms with van der Waals surface area (Å²) in [5.41, 5.74) is 14.4. The van der Waals surface area contributed by atoms with E-state index in [1.807, 2.05) is 13.8 Å². The van der Waals surface area contributed by atoms with Crippen molar-refractivity contribution in [1.82, 2.24) is 59.0 Å². The summed E-state index contributed by atoms with van der Waals surface area (Å²) in [6.07, 6.45) is -8.08. The smallest absolute Gasteiger partial charge is 0.479 e. The molecule has 0 bridgehead atoms. The number of nitrogens with two attached hydrogens (primary N) is 4. The van der Waals surface area contributed by atoms with E-state index in [2.05, 4.69) is 75.2 Å². The number of H-pyrrole nitrogens is 1. The van der Waals surface area contributed by atoms with Gasteiger partial charge in [0, 0.05) is 0 Å². The number of nitrogens with zero attached hydrogens (tertiary/aromatic N) is 11. The van der Waals surface area contributed by atoms with E-state index in [1.165, 1.54) is 62.9 Å². The van der Waals surface area contributed by atoms with Gasteiger partial charge in [-0.2, -0.15) is 29.9 Å². The number of aliphatic hydroxyl groups excluding tert-OH is 3. The number of hydrogen-bond donors (Lipinski definition) is 8. The topological polar surface area (TPSA) is 546 Å². The number of nitrogen functional groups attached to an aromatic ring is 3. The molecule has 4 aromatic carbocycles. The normalized spacial score (nSPS) is 26.9. The van der Waals surface area contributed by atoms with Gasteiger partial charge in [-0.1, -0.05) is 151 Å². The van der Waals surface area contributed by atoms with Crippen molar-refractivity contribution in [2.45, 2.75) is 253 Å². The van der Waals surface area contributed by atoms with Gasteiger partial charge in [-0.25, -0.2) is 65.7 Å². The fourth-order valence-corrected chi connectivity index (χ4v) is 14.9. The first-order valence-electron chi connectivity index (χ1n) is 42.8. The average molecular weight is 2050 g/mol. The first-order valence-corrected chi connectivity index (χ1v) is 44.9. The Morgan fingerprint density at radius 2 is 0.942 bits per heavy atom. The summed E-state index contributed by atoms with van der Waals surface area (Å²) in [6, 6.07) is 33.1. The molecule has 48 heteroatoms. The van der Waals surface area contributed by atoms with Gasteiger partial charge in [-0.05, 0) is 143 Å². The van der Waals surface area contributed by atoms with Crippen LogP contribution in [0.25, 0.3) is 33.5 Å². The number of hydrogen-bond acceptors (Lipinski definition) is 36. The van der Waals surface area contributed by atoms with Crippen molar-refractivity contribution in [1.29, 1.82) is 0 Å². The Kier molecular flexibility index (Phi) is 39.8. The third-order valence-electron chi connectivity index (χ3n) is 21.0. The number of imidazole rings is 3. The maximum absolute atomic E-state index is 16.0. The Bertz CT molecular complexity index is 5580. The quantitative estimate of drug-likeness (QED) is 0.0115. The SMILES string of the molecule is CC(C)OC(=O)[C@H](C)N.CCOC(=O)OC(C)Cl.CC[C@H]1OC(=O)[C@](C)(F)[C@@H]1OC(=O)c1ccccc1.CC[C@H]1O[C@@H](O)[C@](C)(F)[C@@H]1OC(=O)c1ccccc1.CC[C@H]1O[C@@H](n2cnc3c(Cl)nc(N)nc32)[C@](C)(F)[C@@H]1OC(=O)c1ccccc1.CC[C@H]1O[C@H](Br)[C@](C)(F)[C@@H]1OC(=O)c1ccccc1.COc1nc(N)nc2c1ncn2[C@@H]1O[C@H](CO)[C@@H](O)[C@@]1(C)F.Nc1nc(Cl)c2[nH]cnc2n1. The highest BCUT2D eigenvalue weighted by atomic mass is 79.9. The molecule has 12 N–H and O–H groups in total. The second-order valence-electron chi connectivity index (χ2n) is 31.9. The lowest BCUT2D eigenvalue weighted by Crippen LogP contribution is -2.44. The number of benzene rings is 4. The molecule has 5 aliphatic rings. The van der Waals surface area contributed by atoms with Crippen molar-refractivity contribution >= 4 is 144 Å². The van der Waals surface area contributed by atoms with Crippen LogP contribution in [0.3, 0.4) is 0 Å². The number of carbonyl (C=O) groups is 7. The number of cyclic esters (lactones) is 1. The fraction of sp³-hybridized carbons (Fsp3) is 0.483. The molecule has 39 nitrogen and oxygen atoms in total. The number of aliphatic hydroxyl groups is 3.